The molecule has 0 amide bonds. The Balaban J connectivity index is 2.46. The number of fused-ring (bicyclic) bond motifs is 1. The molecule has 1 heterocycles. The minimum absolute atomic E-state index is 0.136. The van der Waals surface area contributed by atoms with Gasteiger partial charge in [-0.1, -0.05) is 6.07 Å². The summed E-state index contributed by atoms with van der Waals surface area (Å²) in [4.78, 5) is 15.1. The molecule has 1 aromatic heterocycles. The molecule has 1 saturated carbocycles. The number of pyridine rings is 1. The Kier molecular flexibility index (Phi) is 1.93. The molecule has 1 aliphatic rings. The van der Waals surface area contributed by atoms with Crippen molar-refractivity contribution in [1.29, 1.82) is 0 Å². The maximum absolute atomic E-state index is 11.9. The van der Waals surface area contributed by atoms with Crippen molar-refractivity contribution in [3.05, 3.63) is 45.2 Å². The largest absolute Gasteiger partial charge is 0.361 e. The molecule has 82 valence electrons. The summed E-state index contributed by atoms with van der Waals surface area (Å²) >= 11 is 0. The summed E-state index contributed by atoms with van der Waals surface area (Å²) in [6.45, 7) is 4.15. The van der Waals surface area contributed by atoms with E-state index in [1.807, 2.05) is 0 Å². The smallest absolute Gasteiger partial charge is 0.189 e. The topological polar surface area (TPSA) is 32.9 Å². The van der Waals surface area contributed by atoms with E-state index >= 15 is 0 Å². The Hall–Kier alpha value is -1.57. The third kappa shape index (κ3) is 1.29. The third-order valence-corrected chi connectivity index (χ3v) is 3.55. The Morgan fingerprint density at radius 2 is 2.06 bits per heavy atom. The summed E-state index contributed by atoms with van der Waals surface area (Å²) in [5, 5.41) is 0.879. The molecule has 3 rings (SSSR count). The van der Waals surface area contributed by atoms with Crippen molar-refractivity contribution in [3.8, 4) is 0 Å². The molecule has 0 radical (unpaired) electrons. The number of hydrogen-bond donors (Lipinski definition) is 1. The quantitative estimate of drug-likeness (QED) is 0.776. The number of benzene rings is 1. The van der Waals surface area contributed by atoms with Crippen LogP contribution in [0.15, 0.2) is 23.1 Å². The summed E-state index contributed by atoms with van der Waals surface area (Å²) < 4.78 is 0. The molecular formula is C14H15NO. The van der Waals surface area contributed by atoms with Gasteiger partial charge in [-0.2, -0.15) is 0 Å². The third-order valence-electron chi connectivity index (χ3n) is 3.55. The predicted octanol–water partition coefficient (Wildman–Crippen LogP) is 3.02. The zero-order valence-corrected chi connectivity index (χ0v) is 9.63. The number of aromatic nitrogens is 1. The normalized spacial score (nSPS) is 15.6. The fraction of sp³-hybridized carbons (Fsp3) is 0.357. The first kappa shape index (κ1) is 9.64. The highest BCUT2D eigenvalue weighted by atomic mass is 16.1. The number of nitrogens with one attached hydrogen (secondary N) is 1. The fourth-order valence-corrected chi connectivity index (χ4v) is 2.54. The Morgan fingerprint density at radius 1 is 1.31 bits per heavy atom. The summed E-state index contributed by atoms with van der Waals surface area (Å²) in [7, 11) is 0. The van der Waals surface area contributed by atoms with Gasteiger partial charge in [0.25, 0.3) is 0 Å². The molecular weight excluding hydrogens is 198 g/mol. The molecule has 1 fully saturated rings. The van der Waals surface area contributed by atoms with Gasteiger partial charge in [0.2, 0.25) is 0 Å². The van der Waals surface area contributed by atoms with Crippen molar-refractivity contribution in [2.24, 2.45) is 0 Å². The Morgan fingerprint density at radius 3 is 2.75 bits per heavy atom. The highest BCUT2D eigenvalue weighted by molar-refractivity contribution is 5.86. The summed E-state index contributed by atoms with van der Waals surface area (Å²) in [6.07, 6.45) is 4.28. The second-order valence-corrected chi connectivity index (χ2v) is 4.77. The molecule has 0 unspecified atom stereocenters. The average molecular weight is 213 g/mol. The number of hydrogen-bond acceptors (Lipinski definition) is 1. The van der Waals surface area contributed by atoms with Gasteiger partial charge in [-0.15, -0.1) is 0 Å². The first-order valence-corrected chi connectivity index (χ1v) is 5.80. The van der Waals surface area contributed by atoms with Crippen LogP contribution < -0.4 is 5.43 Å². The first-order chi connectivity index (χ1) is 7.68. The van der Waals surface area contributed by atoms with Gasteiger partial charge in [-0.3, -0.25) is 4.79 Å². The molecule has 0 saturated heterocycles. The highest BCUT2D eigenvalue weighted by Gasteiger charge is 2.26. The van der Waals surface area contributed by atoms with Crippen LogP contribution in [-0.4, -0.2) is 4.98 Å². The lowest BCUT2D eigenvalue weighted by Gasteiger charge is -2.10. The maximum Gasteiger partial charge on any atom is 0.189 e. The maximum atomic E-state index is 11.9. The van der Waals surface area contributed by atoms with Crippen molar-refractivity contribution in [2.45, 2.75) is 32.6 Å². The van der Waals surface area contributed by atoms with E-state index in [-0.39, 0.29) is 5.43 Å². The molecule has 0 aliphatic heterocycles. The van der Waals surface area contributed by atoms with E-state index in [2.05, 4.69) is 24.9 Å². The van der Waals surface area contributed by atoms with Crippen molar-refractivity contribution < 1.29 is 0 Å². The number of aryl methyl sites for hydroxylation is 2. The number of rotatable bonds is 1. The zero-order chi connectivity index (χ0) is 11.3. The molecule has 0 atom stereocenters. The number of H-pyrrole nitrogens is 1. The minimum atomic E-state index is 0.136. The van der Waals surface area contributed by atoms with Gasteiger partial charge in [0.15, 0.2) is 5.43 Å². The van der Waals surface area contributed by atoms with Crippen molar-refractivity contribution in [3.63, 3.8) is 0 Å². The molecule has 0 spiro atoms. The van der Waals surface area contributed by atoms with Gasteiger partial charge < -0.3 is 4.98 Å². The van der Waals surface area contributed by atoms with Crippen LogP contribution in [0, 0.1) is 13.8 Å². The lowest BCUT2D eigenvalue weighted by molar-refractivity contribution is 1.10. The fourth-order valence-electron chi connectivity index (χ4n) is 2.54. The van der Waals surface area contributed by atoms with E-state index in [1.54, 1.807) is 12.3 Å². The van der Waals surface area contributed by atoms with Crippen LogP contribution in [0.5, 0.6) is 0 Å². The lowest BCUT2D eigenvalue weighted by atomic mass is 9.96. The molecule has 2 heteroatoms. The van der Waals surface area contributed by atoms with Crippen molar-refractivity contribution in [2.75, 3.05) is 0 Å². The lowest BCUT2D eigenvalue weighted by Crippen LogP contribution is -2.05. The molecule has 2 aromatic rings. The van der Waals surface area contributed by atoms with Gasteiger partial charge in [-0.05, 0) is 49.3 Å². The molecule has 1 N–H and O–H groups in total. The van der Waals surface area contributed by atoms with Crippen LogP contribution in [0.3, 0.4) is 0 Å². The van der Waals surface area contributed by atoms with Crippen molar-refractivity contribution >= 4 is 10.9 Å². The zero-order valence-electron chi connectivity index (χ0n) is 9.63. The van der Waals surface area contributed by atoms with E-state index in [4.69, 9.17) is 0 Å². The summed E-state index contributed by atoms with van der Waals surface area (Å²) in [6, 6.07) is 3.86. The van der Waals surface area contributed by atoms with Crippen LogP contribution in [-0.2, 0) is 0 Å². The second-order valence-electron chi connectivity index (χ2n) is 4.77. The van der Waals surface area contributed by atoms with E-state index in [0.717, 1.165) is 10.9 Å². The summed E-state index contributed by atoms with van der Waals surface area (Å²) in [5.74, 6) is 0.697. The number of aromatic amines is 1. The van der Waals surface area contributed by atoms with Gasteiger partial charge >= 0.3 is 0 Å². The van der Waals surface area contributed by atoms with Crippen LogP contribution in [0.25, 0.3) is 10.9 Å². The van der Waals surface area contributed by atoms with Gasteiger partial charge in [0.1, 0.15) is 0 Å². The second kappa shape index (κ2) is 3.21. The monoisotopic (exact) mass is 213 g/mol. The van der Waals surface area contributed by atoms with Gasteiger partial charge in [-0.25, -0.2) is 0 Å². The first-order valence-electron chi connectivity index (χ1n) is 5.80. The highest BCUT2D eigenvalue weighted by Crippen LogP contribution is 2.43. The van der Waals surface area contributed by atoms with E-state index in [0.29, 0.717) is 5.92 Å². The Labute approximate surface area is 94.3 Å². The molecule has 1 aliphatic carbocycles. The van der Waals surface area contributed by atoms with Crippen LogP contribution in [0.4, 0.5) is 0 Å². The standard InChI is InChI=1S/C14H15NO/c1-8-7-11(10-3-4-10)9(2)13-12(16)5-6-15-14(8)13/h5-7,10H,3-4H2,1-2H3,(H,15,16). The van der Waals surface area contributed by atoms with E-state index < -0.39 is 0 Å². The molecule has 1 aromatic carbocycles. The van der Waals surface area contributed by atoms with Crippen LogP contribution >= 0.6 is 0 Å². The summed E-state index contributed by atoms with van der Waals surface area (Å²) in [5.41, 5.74) is 4.86. The van der Waals surface area contributed by atoms with Gasteiger partial charge in [0.05, 0.1) is 5.52 Å². The molecule has 2 nitrogen and oxygen atoms in total. The Bertz CT molecular complexity index is 620. The molecule has 16 heavy (non-hydrogen) atoms. The van der Waals surface area contributed by atoms with Crippen molar-refractivity contribution in [1.82, 2.24) is 4.98 Å². The van der Waals surface area contributed by atoms with E-state index in [9.17, 15) is 4.79 Å². The van der Waals surface area contributed by atoms with Crippen LogP contribution in [0.2, 0.25) is 0 Å². The minimum Gasteiger partial charge on any atom is -0.361 e. The van der Waals surface area contributed by atoms with E-state index in [1.165, 1.54) is 29.5 Å². The average Bonchev–Trinajstić information content (AvgIpc) is 3.07. The SMILES string of the molecule is Cc1cc(C2CC2)c(C)c2c(=O)cc[nH]c12. The van der Waals surface area contributed by atoms with Crippen LogP contribution in [0.1, 0.15) is 35.4 Å². The predicted molar refractivity (Wildman–Crippen MR) is 66.0 cm³/mol. The molecule has 0 bridgehead atoms. The van der Waals surface area contributed by atoms with Gasteiger partial charge in [0, 0.05) is 17.6 Å².